The molecule has 0 aromatic carbocycles. The summed E-state index contributed by atoms with van der Waals surface area (Å²) in [6.07, 6.45) is 8.75. The van der Waals surface area contributed by atoms with Crippen molar-refractivity contribution in [2.75, 3.05) is 27.2 Å². The first kappa shape index (κ1) is 16.8. The van der Waals surface area contributed by atoms with Crippen molar-refractivity contribution in [1.82, 2.24) is 24.1 Å². The van der Waals surface area contributed by atoms with Gasteiger partial charge in [0.25, 0.3) is 0 Å². The maximum absolute atomic E-state index is 4.45. The molecule has 0 aromatic heterocycles. The standard InChI is InChI=1S/C15H26IN7/c1-22(8-3-9-23(2)16)15-17-7-6-13(19-15)18-14-10-12(20-21-14)11-4-5-11/h6-7,11-13,20H,3-5,8-10H2,1-2H3,(H,17,19)(H,18,21). The minimum Gasteiger partial charge on any atom is -0.349 e. The zero-order chi connectivity index (χ0) is 16.2. The molecule has 2 aliphatic heterocycles. The van der Waals surface area contributed by atoms with Crippen LogP contribution in [0.3, 0.4) is 0 Å². The molecule has 1 saturated carbocycles. The molecule has 2 atom stereocenters. The van der Waals surface area contributed by atoms with Gasteiger partial charge < -0.3 is 21.0 Å². The number of halogens is 1. The highest BCUT2D eigenvalue weighted by Gasteiger charge is 2.35. The Bertz CT molecular complexity index is 498. The van der Waals surface area contributed by atoms with E-state index in [1.807, 2.05) is 12.3 Å². The van der Waals surface area contributed by atoms with E-state index in [1.54, 1.807) is 0 Å². The molecule has 2 unspecified atom stereocenters. The number of rotatable bonds is 6. The summed E-state index contributed by atoms with van der Waals surface area (Å²) in [6, 6.07) is 0.533. The monoisotopic (exact) mass is 431 g/mol. The van der Waals surface area contributed by atoms with Crippen molar-refractivity contribution < 1.29 is 0 Å². The summed E-state index contributed by atoms with van der Waals surface area (Å²) in [5.41, 5.74) is 3.26. The van der Waals surface area contributed by atoms with Crippen molar-refractivity contribution in [3.63, 3.8) is 0 Å². The summed E-state index contributed by atoms with van der Waals surface area (Å²) in [5, 5.41) is 11.3. The van der Waals surface area contributed by atoms with E-state index >= 15 is 0 Å². The highest BCUT2D eigenvalue weighted by atomic mass is 127. The van der Waals surface area contributed by atoms with Crippen LogP contribution in [0.1, 0.15) is 25.7 Å². The topological polar surface area (TPSA) is 67.3 Å². The van der Waals surface area contributed by atoms with Crippen molar-refractivity contribution in [3.8, 4) is 0 Å². The third-order valence-electron chi connectivity index (χ3n) is 4.37. The maximum Gasteiger partial charge on any atom is 0.200 e. The Balaban J connectivity index is 1.42. The molecule has 128 valence electrons. The summed E-state index contributed by atoms with van der Waals surface area (Å²) < 4.78 is 2.17. The predicted molar refractivity (Wildman–Crippen MR) is 102 cm³/mol. The van der Waals surface area contributed by atoms with Gasteiger partial charge in [-0.15, -0.1) is 0 Å². The number of nitrogens with zero attached hydrogens (tertiary/aromatic N) is 4. The number of hydrogen-bond acceptors (Lipinski definition) is 7. The smallest absolute Gasteiger partial charge is 0.200 e. The molecule has 3 rings (SSSR count). The minimum atomic E-state index is 0.0516. The van der Waals surface area contributed by atoms with Crippen LogP contribution < -0.4 is 16.1 Å². The van der Waals surface area contributed by atoms with Gasteiger partial charge in [0.05, 0.1) is 6.04 Å². The van der Waals surface area contributed by atoms with E-state index in [-0.39, 0.29) is 6.17 Å². The maximum atomic E-state index is 4.45. The van der Waals surface area contributed by atoms with Gasteiger partial charge in [-0.1, -0.05) is 0 Å². The highest BCUT2D eigenvalue weighted by Crippen LogP contribution is 2.35. The predicted octanol–water partition coefficient (Wildman–Crippen LogP) is 1.06. The molecule has 23 heavy (non-hydrogen) atoms. The lowest BCUT2D eigenvalue weighted by Gasteiger charge is -2.28. The first-order chi connectivity index (χ1) is 11.1. The van der Waals surface area contributed by atoms with E-state index in [2.05, 4.69) is 71.1 Å². The summed E-state index contributed by atoms with van der Waals surface area (Å²) >= 11 is 2.31. The third-order valence-corrected chi connectivity index (χ3v) is 4.86. The summed E-state index contributed by atoms with van der Waals surface area (Å²) in [7, 11) is 4.16. The van der Waals surface area contributed by atoms with Crippen molar-refractivity contribution in [3.05, 3.63) is 12.3 Å². The van der Waals surface area contributed by atoms with E-state index in [1.165, 1.54) is 12.8 Å². The van der Waals surface area contributed by atoms with Gasteiger partial charge in [-0.25, -0.2) is 4.99 Å². The van der Waals surface area contributed by atoms with Gasteiger partial charge in [0.15, 0.2) is 5.96 Å². The molecule has 0 bridgehead atoms. The van der Waals surface area contributed by atoms with Crippen LogP contribution in [-0.2, 0) is 0 Å². The van der Waals surface area contributed by atoms with Gasteiger partial charge in [-0.05, 0) is 38.3 Å². The van der Waals surface area contributed by atoms with Gasteiger partial charge in [0.2, 0.25) is 0 Å². The van der Waals surface area contributed by atoms with Gasteiger partial charge in [-0.3, -0.25) is 3.11 Å². The Morgan fingerprint density at radius 3 is 2.91 bits per heavy atom. The normalized spacial score (nSPS) is 26.4. The lowest BCUT2D eigenvalue weighted by molar-refractivity contribution is 0.434. The lowest BCUT2D eigenvalue weighted by Crippen LogP contribution is -2.52. The van der Waals surface area contributed by atoms with E-state index in [0.29, 0.717) is 6.04 Å². The van der Waals surface area contributed by atoms with Gasteiger partial charge >= 0.3 is 0 Å². The van der Waals surface area contributed by atoms with Crippen LogP contribution in [0.25, 0.3) is 0 Å². The van der Waals surface area contributed by atoms with Crippen LogP contribution in [-0.4, -0.2) is 59.2 Å². The summed E-state index contributed by atoms with van der Waals surface area (Å²) in [6.45, 7) is 2.05. The first-order valence-corrected chi connectivity index (χ1v) is 9.26. The number of nitrogens with one attached hydrogen (secondary N) is 3. The lowest BCUT2D eigenvalue weighted by atomic mass is 10.1. The van der Waals surface area contributed by atoms with Crippen molar-refractivity contribution in [2.45, 2.75) is 37.9 Å². The van der Waals surface area contributed by atoms with Gasteiger partial charge in [0.1, 0.15) is 12.0 Å². The van der Waals surface area contributed by atoms with E-state index < -0.39 is 0 Å². The second-order valence-electron chi connectivity index (χ2n) is 6.50. The second-order valence-corrected chi connectivity index (χ2v) is 8.15. The average Bonchev–Trinajstić information content (AvgIpc) is 3.27. The van der Waals surface area contributed by atoms with E-state index in [4.69, 9.17) is 0 Å². The fraction of sp³-hybridized carbons (Fsp3) is 0.733. The molecule has 7 nitrogen and oxygen atoms in total. The molecule has 0 radical (unpaired) electrons. The first-order valence-electron chi connectivity index (χ1n) is 8.29. The largest absolute Gasteiger partial charge is 0.349 e. The number of guanidine groups is 1. The van der Waals surface area contributed by atoms with Crippen molar-refractivity contribution in [2.24, 2.45) is 16.0 Å². The molecule has 3 N–H and O–H groups in total. The van der Waals surface area contributed by atoms with E-state index in [9.17, 15) is 0 Å². The molecule has 0 aromatic rings. The number of hydrazone groups is 1. The molecule has 3 aliphatic rings. The third kappa shape index (κ3) is 4.97. The van der Waals surface area contributed by atoms with Crippen molar-refractivity contribution >= 4 is 34.7 Å². The molecule has 1 aliphatic carbocycles. The Hall–Kier alpha value is -1.03. The Morgan fingerprint density at radius 2 is 2.17 bits per heavy atom. The van der Waals surface area contributed by atoms with Crippen LogP contribution in [0.4, 0.5) is 0 Å². The SMILES string of the molecule is CN(I)CCCN(C)C1=NC=CC(NC2=NNC(C3CC3)C2)N1. The van der Waals surface area contributed by atoms with Gasteiger partial charge in [0, 0.05) is 55.6 Å². The van der Waals surface area contributed by atoms with Crippen LogP contribution in [0.2, 0.25) is 0 Å². The quantitative estimate of drug-likeness (QED) is 0.434. The number of aliphatic imine (C=N–C) groups is 1. The Morgan fingerprint density at radius 1 is 1.35 bits per heavy atom. The zero-order valence-corrected chi connectivity index (χ0v) is 16.0. The molecular formula is C15H26IN7. The minimum absolute atomic E-state index is 0.0516. The van der Waals surface area contributed by atoms with E-state index in [0.717, 1.165) is 43.6 Å². The van der Waals surface area contributed by atoms with Crippen LogP contribution >= 0.6 is 22.9 Å². The van der Waals surface area contributed by atoms with Crippen LogP contribution in [0, 0.1) is 5.92 Å². The summed E-state index contributed by atoms with van der Waals surface area (Å²) in [4.78, 5) is 6.61. The fourth-order valence-electron chi connectivity index (χ4n) is 2.85. The van der Waals surface area contributed by atoms with Crippen molar-refractivity contribution in [1.29, 1.82) is 0 Å². The molecular weight excluding hydrogens is 405 g/mol. The fourth-order valence-corrected chi connectivity index (χ4v) is 3.19. The molecule has 1 fully saturated rings. The molecule has 0 saturated heterocycles. The summed E-state index contributed by atoms with van der Waals surface area (Å²) in [5.74, 6) is 2.78. The Labute approximate surface area is 152 Å². The number of amidine groups is 1. The molecule has 2 heterocycles. The number of hydrogen-bond donors (Lipinski definition) is 3. The van der Waals surface area contributed by atoms with Gasteiger partial charge in [-0.2, -0.15) is 5.10 Å². The second kappa shape index (κ2) is 7.69. The zero-order valence-electron chi connectivity index (χ0n) is 13.8. The van der Waals surface area contributed by atoms with Crippen LogP contribution in [0.5, 0.6) is 0 Å². The van der Waals surface area contributed by atoms with Crippen LogP contribution in [0.15, 0.2) is 22.4 Å². The molecule has 0 spiro atoms. The molecule has 0 amide bonds. The highest BCUT2D eigenvalue weighted by molar-refractivity contribution is 14.1. The Kier molecular flexibility index (Phi) is 5.62. The molecule has 8 heteroatoms. The average molecular weight is 431 g/mol.